The minimum Gasteiger partial charge on any atom is -0.324 e. The van der Waals surface area contributed by atoms with Crippen molar-refractivity contribution in [1.82, 2.24) is 0 Å². The van der Waals surface area contributed by atoms with Crippen molar-refractivity contribution in [3.63, 3.8) is 0 Å². The van der Waals surface area contributed by atoms with Crippen LogP contribution in [-0.4, -0.2) is 0 Å². The molecular formula is C15H16FN. The average molecular weight is 229 g/mol. The Balaban J connectivity index is 2.17. The van der Waals surface area contributed by atoms with E-state index in [0.29, 0.717) is 6.42 Å². The summed E-state index contributed by atoms with van der Waals surface area (Å²) in [6.45, 7) is 2.04. The highest BCUT2D eigenvalue weighted by Crippen LogP contribution is 2.19. The second kappa shape index (κ2) is 5.11. The van der Waals surface area contributed by atoms with Crippen molar-refractivity contribution in [3.05, 3.63) is 71.0 Å². The van der Waals surface area contributed by atoms with Crippen molar-refractivity contribution in [2.24, 2.45) is 5.73 Å². The van der Waals surface area contributed by atoms with E-state index in [9.17, 15) is 4.39 Å². The highest BCUT2D eigenvalue weighted by atomic mass is 19.1. The Morgan fingerprint density at radius 1 is 1.12 bits per heavy atom. The Labute approximate surface area is 101 Å². The van der Waals surface area contributed by atoms with Gasteiger partial charge in [-0.25, -0.2) is 4.39 Å². The second-order valence-corrected chi connectivity index (χ2v) is 4.30. The van der Waals surface area contributed by atoms with E-state index in [0.717, 1.165) is 11.1 Å². The lowest BCUT2D eigenvalue weighted by molar-refractivity contribution is 0.622. The first-order valence-corrected chi connectivity index (χ1v) is 5.72. The summed E-state index contributed by atoms with van der Waals surface area (Å²) in [4.78, 5) is 0. The zero-order valence-electron chi connectivity index (χ0n) is 9.86. The Kier molecular flexibility index (Phi) is 3.55. The monoisotopic (exact) mass is 229 g/mol. The maximum Gasteiger partial charge on any atom is 0.123 e. The maximum absolute atomic E-state index is 13.1. The van der Waals surface area contributed by atoms with Crippen molar-refractivity contribution in [3.8, 4) is 0 Å². The summed E-state index contributed by atoms with van der Waals surface area (Å²) in [7, 11) is 0. The third kappa shape index (κ3) is 2.92. The normalized spacial score (nSPS) is 12.4. The standard InChI is InChI=1S/C15H16FN/c1-11-5-2-3-8-14(11)15(17)10-12-6-4-7-13(16)9-12/h2-9,15H,10,17H2,1H3. The van der Waals surface area contributed by atoms with Gasteiger partial charge in [0.05, 0.1) is 0 Å². The van der Waals surface area contributed by atoms with Crippen molar-refractivity contribution in [2.45, 2.75) is 19.4 Å². The van der Waals surface area contributed by atoms with E-state index in [2.05, 4.69) is 0 Å². The third-order valence-corrected chi connectivity index (χ3v) is 2.93. The van der Waals surface area contributed by atoms with Gasteiger partial charge in [0.2, 0.25) is 0 Å². The Hall–Kier alpha value is -1.67. The van der Waals surface area contributed by atoms with Gasteiger partial charge in [-0.1, -0.05) is 36.4 Å². The van der Waals surface area contributed by atoms with Gasteiger partial charge in [0.15, 0.2) is 0 Å². The van der Waals surface area contributed by atoms with E-state index in [1.807, 2.05) is 37.3 Å². The smallest absolute Gasteiger partial charge is 0.123 e. The van der Waals surface area contributed by atoms with E-state index in [4.69, 9.17) is 5.73 Å². The van der Waals surface area contributed by atoms with E-state index < -0.39 is 0 Å². The minimum absolute atomic E-state index is 0.0852. The summed E-state index contributed by atoms with van der Waals surface area (Å²) in [5.74, 6) is -0.209. The van der Waals surface area contributed by atoms with Crippen LogP contribution in [0.4, 0.5) is 4.39 Å². The molecule has 0 fully saturated rings. The van der Waals surface area contributed by atoms with Crippen LogP contribution in [-0.2, 0) is 6.42 Å². The fraction of sp³-hybridized carbons (Fsp3) is 0.200. The van der Waals surface area contributed by atoms with Crippen molar-refractivity contribution >= 4 is 0 Å². The molecule has 0 spiro atoms. The minimum atomic E-state index is -0.209. The molecule has 0 heterocycles. The third-order valence-electron chi connectivity index (χ3n) is 2.93. The lowest BCUT2D eigenvalue weighted by Crippen LogP contribution is -2.14. The van der Waals surface area contributed by atoms with Gasteiger partial charge < -0.3 is 5.73 Å². The number of aryl methyl sites for hydroxylation is 1. The predicted octanol–water partition coefficient (Wildman–Crippen LogP) is 3.38. The van der Waals surface area contributed by atoms with Gasteiger partial charge in [-0.15, -0.1) is 0 Å². The summed E-state index contributed by atoms with van der Waals surface area (Å²) >= 11 is 0. The summed E-state index contributed by atoms with van der Waals surface area (Å²) in [6, 6.07) is 14.6. The van der Waals surface area contributed by atoms with Gasteiger partial charge >= 0.3 is 0 Å². The van der Waals surface area contributed by atoms with Crippen LogP contribution in [0.25, 0.3) is 0 Å². The fourth-order valence-electron chi connectivity index (χ4n) is 2.03. The largest absolute Gasteiger partial charge is 0.324 e. The molecule has 2 heteroatoms. The SMILES string of the molecule is Cc1ccccc1C(N)Cc1cccc(F)c1. The molecule has 0 aromatic heterocycles. The lowest BCUT2D eigenvalue weighted by atomic mass is 9.96. The molecule has 0 radical (unpaired) electrons. The molecule has 2 N–H and O–H groups in total. The van der Waals surface area contributed by atoms with E-state index >= 15 is 0 Å². The first kappa shape index (κ1) is 11.8. The molecular weight excluding hydrogens is 213 g/mol. The maximum atomic E-state index is 13.1. The lowest BCUT2D eigenvalue weighted by Gasteiger charge is -2.14. The molecule has 2 aromatic carbocycles. The zero-order valence-corrected chi connectivity index (χ0v) is 9.86. The molecule has 17 heavy (non-hydrogen) atoms. The van der Waals surface area contributed by atoms with E-state index in [-0.39, 0.29) is 11.9 Å². The van der Waals surface area contributed by atoms with Crippen LogP contribution in [0.2, 0.25) is 0 Å². The first-order valence-electron chi connectivity index (χ1n) is 5.72. The van der Waals surface area contributed by atoms with Gasteiger partial charge in [0, 0.05) is 6.04 Å². The molecule has 1 nitrogen and oxygen atoms in total. The first-order chi connectivity index (χ1) is 8.16. The molecule has 0 aliphatic heterocycles. The molecule has 0 aliphatic carbocycles. The van der Waals surface area contributed by atoms with E-state index in [1.165, 1.54) is 17.7 Å². The van der Waals surface area contributed by atoms with Crippen LogP contribution in [0.5, 0.6) is 0 Å². The Bertz CT molecular complexity index is 508. The molecule has 0 saturated carbocycles. The number of hydrogen-bond acceptors (Lipinski definition) is 1. The second-order valence-electron chi connectivity index (χ2n) is 4.30. The van der Waals surface area contributed by atoms with Crippen LogP contribution >= 0.6 is 0 Å². The van der Waals surface area contributed by atoms with E-state index in [1.54, 1.807) is 6.07 Å². The number of nitrogens with two attached hydrogens (primary N) is 1. The topological polar surface area (TPSA) is 26.0 Å². The molecule has 0 bridgehead atoms. The predicted molar refractivity (Wildman–Crippen MR) is 68.2 cm³/mol. The molecule has 1 unspecified atom stereocenters. The van der Waals surface area contributed by atoms with Crippen LogP contribution in [0, 0.1) is 12.7 Å². The number of hydrogen-bond donors (Lipinski definition) is 1. The van der Waals surface area contributed by atoms with Crippen LogP contribution in [0.3, 0.4) is 0 Å². The van der Waals surface area contributed by atoms with Gasteiger partial charge in [-0.05, 0) is 42.2 Å². The average Bonchev–Trinajstić information content (AvgIpc) is 2.29. The summed E-state index contributed by atoms with van der Waals surface area (Å²) in [6.07, 6.45) is 0.655. The Morgan fingerprint density at radius 3 is 2.59 bits per heavy atom. The van der Waals surface area contributed by atoms with Crippen LogP contribution < -0.4 is 5.73 Å². The Morgan fingerprint density at radius 2 is 1.88 bits per heavy atom. The quantitative estimate of drug-likeness (QED) is 0.858. The van der Waals surface area contributed by atoms with Gasteiger partial charge in [-0.3, -0.25) is 0 Å². The molecule has 0 aliphatic rings. The van der Waals surface area contributed by atoms with Gasteiger partial charge in [0.1, 0.15) is 5.82 Å². The molecule has 0 saturated heterocycles. The van der Waals surface area contributed by atoms with Gasteiger partial charge in [0.25, 0.3) is 0 Å². The zero-order chi connectivity index (χ0) is 12.3. The summed E-state index contributed by atoms with van der Waals surface area (Å²) in [5.41, 5.74) is 9.39. The number of benzene rings is 2. The van der Waals surface area contributed by atoms with Crippen molar-refractivity contribution in [2.75, 3.05) is 0 Å². The van der Waals surface area contributed by atoms with Crippen molar-refractivity contribution < 1.29 is 4.39 Å². The summed E-state index contributed by atoms with van der Waals surface area (Å²) in [5, 5.41) is 0. The van der Waals surface area contributed by atoms with Gasteiger partial charge in [-0.2, -0.15) is 0 Å². The molecule has 0 amide bonds. The summed E-state index contributed by atoms with van der Waals surface area (Å²) < 4.78 is 13.1. The number of halogens is 1. The van der Waals surface area contributed by atoms with Crippen molar-refractivity contribution in [1.29, 1.82) is 0 Å². The van der Waals surface area contributed by atoms with Crippen LogP contribution in [0.15, 0.2) is 48.5 Å². The van der Waals surface area contributed by atoms with Crippen LogP contribution in [0.1, 0.15) is 22.7 Å². The molecule has 2 aromatic rings. The molecule has 1 atom stereocenters. The molecule has 88 valence electrons. The highest BCUT2D eigenvalue weighted by molar-refractivity contribution is 5.30. The fourth-order valence-corrected chi connectivity index (χ4v) is 2.03. The molecule has 2 rings (SSSR count). The number of rotatable bonds is 3. The highest BCUT2D eigenvalue weighted by Gasteiger charge is 2.09.